The van der Waals surface area contributed by atoms with E-state index in [4.69, 9.17) is 9.47 Å². The topological polar surface area (TPSA) is 72.9 Å². The van der Waals surface area contributed by atoms with E-state index in [0.717, 1.165) is 11.1 Å². The maximum absolute atomic E-state index is 13.7. The number of carbonyl (C=O) groups excluding carboxylic acids is 3. The molecule has 0 saturated carbocycles. The summed E-state index contributed by atoms with van der Waals surface area (Å²) < 4.78 is 11.1. The van der Waals surface area contributed by atoms with Gasteiger partial charge in [-0.1, -0.05) is 60.7 Å². The van der Waals surface area contributed by atoms with Gasteiger partial charge in [0, 0.05) is 26.8 Å². The molecule has 33 heavy (non-hydrogen) atoms. The van der Waals surface area contributed by atoms with E-state index in [0.29, 0.717) is 12.8 Å². The summed E-state index contributed by atoms with van der Waals surface area (Å²) in [5.74, 6) is -1.32. The molecule has 2 aromatic rings. The van der Waals surface area contributed by atoms with Gasteiger partial charge in [0.25, 0.3) is 0 Å². The molecule has 6 heteroatoms. The van der Waals surface area contributed by atoms with Crippen molar-refractivity contribution in [1.82, 2.24) is 4.90 Å². The monoisotopic (exact) mass is 453 g/mol. The van der Waals surface area contributed by atoms with Gasteiger partial charge in [0.1, 0.15) is 11.7 Å². The molecule has 2 rings (SSSR count). The summed E-state index contributed by atoms with van der Waals surface area (Å²) in [6.07, 6.45) is 0.267. The smallest absolute Gasteiger partial charge is 0.303 e. The third kappa shape index (κ3) is 8.04. The van der Waals surface area contributed by atoms with E-state index in [2.05, 4.69) is 0 Å². The van der Waals surface area contributed by atoms with Gasteiger partial charge in [0.2, 0.25) is 5.91 Å². The molecular formula is C27H35NO5. The zero-order valence-corrected chi connectivity index (χ0v) is 20.4. The predicted molar refractivity (Wildman–Crippen MR) is 127 cm³/mol. The minimum Gasteiger partial charge on any atom is -0.460 e. The lowest BCUT2D eigenvalue weighted by Crippen LogP contribution is -2.45. The lowest BCUT2D eigenvalue weighted by molar-refractivity contribution is -0.159. The number of hydrogen-bond donors (Lipinski definition) is 0. The molecule has 0 fully saturated rings. The molecule has 0 aliphatic carbocycles. The van der Waals surface area contributed by atoms with Crippen molar-refractivity contribution in [1.29, 1.82) is 0 Å². The van der Waals surface area contributed by atoms with Crippen LogP contribution in [-0.4, -0.2) is 41.4 Å². The van der Waals surface area contributed by atoms with Crippen LogP contribution in [0.5, 0.6) is 0 Å². The van der Waals surface area contributed by atoms with Crippen LogP contribution < -0.4 is 0 Å². The molecule has 2 aromatic carbocycles. The van der Waals surface area contributed by atoms with Crippen molar-refractivity contribution >= 4 is 17.8 Å². The summed E-state index contributed by atoms with van der Waals surface area (Å²) >= 11 is 0. The Morgan fingerprint density at radius 2 is 1.45 bits per heavy atom. The van der Waals surface area contributed by atoms with E-state index in [1.165, 1.54) is 13.8 Å². The normalized spacial score (nSPS) is 14.0. The highest BCUT2D eigenvalue weighted by molar-refractivity contribution is 5.79. The average molecular weight is 454 g/mol. The fraction of sp³-hybridized carbons (Fsp3) is 0.444. The van der Waals surface area contributed by atoms with Crippen LogP contribution in [0.4, 0.5) is 0 Å². The zero-order chi connectivity index (χ0) is 24.6. The van der Waals surface area contributed by atoms with Gasteiger partial charge in [0.05, 0.1) is 6.04 Å². The predicted octanol–water partition coefficient (Wildman–Crippen LogP) is 4.73. The number of benzene rings is 2. The summed E-state index contributed by atoms with van der Waals surface area (Å²) in [6, 6.07) is 18.8. The maximum Gasteiger partial charge on any atom is 0.303 e. The number of esters is 2. The van der Waals surface area contributed by atoms with Crippen LogP contribution in [0.3, 0.4) is 0 Å². The second kappa shape index (κ2) is 11.6. The van der Waals surface area contributed by atoms with Crippen molar-refractivity contribution < 1.29 is 23.9 Å². The molecule has 0 aliphatic heterocycles. The molecule has 3 atom stereocenters. The number of nitrogens with zero attached hydrogens (tertiary/aromatic N) is 1. The van der Waals surface area contributed by atoms with Crippen LogP contribution in [0.25, 0.3) is 0 Å². The third-order valence-electron chi connectivity index (χ3n) is 5.65. The van der Waals surface area contributed by atoms with E-state index >= 15 is 0 Å². The number of likely N-dealkylation sites (N-methyl/N-ethyl adjacent to an activating group) is 1. The quantitative estimate of drug-likeness (QED) is 0.487. The fourth-order valence-corrected chi connectivity index (χ4v) is 4.13. The number of ether oxygens (including phenoxy) is 2. The highest BCUT2D eigenvalue weighted by atomic mass is 16.6. The third-order valence-corrected chi connectivity index (χ3v) is 5.65. The van der Waals surface area contributed by atoms with E-state index < -0.39 is 29.6 Å². The summed E-state index contributed by atoms with van der Waals surface area (Å²) in [5, 5.41) is 0. The molecule has 0 unspecified atom stereocenters. The first kappa shape index (κ1) is 26.1. The molecular weight excluding hydrogens is 418 g/mol. The van der Waals surface area contributed by atoms with Crippen molar-refractivity contribution in [3.8, 4) is 0 Å². The van der Waals surface area contributed by atoms with Gasteiger partial charge in [-0.3, -0.25) is 14.4 Å². The molecule has 0 aliphatic rings. The van der Waals surface area contributed by atoms with E-state index in [-0.39, 0.29) is 11.9 Å². The van der Waals surface area contributed by atoms with Crippen molar-refractivity contribution in [3.05, 3.63) is 71.8 Å². The first-order valence-corrected chi connectivity index (χ1v) is 11.2. The highest BCUT2D eigenvalue weighted by Gasteiger charge is 2.35. The van der Waals surface area contributed by atoms with Crippen LogP contribution in [-0.2, 0) is 30.3 Å². The standard InChI is InChI=1S/C27H35NO5/c1-19(25(32-20(2)29)23-15-11-8-12-16-23)28(6)26(31)24(17-22-13-9-7-10-14-22)18-27(4,5)33-21(3)30/h7-16,19,24-25H,17-18H2,1-6H3/t19-,24-,25+/m0/s1. The highest BCUT2D eigenvalue weighted by Crippen LogP contribution is 2.29. The van der Waals surface area contributed by atoms with E-state index in [9.17, 15) is 14.4 Å². The first-order chi connectivity index (χ1) is 15.5. The Morgan fingerprint density at radius 1 is 0.909 bits per heavy atom. The maximum atomic E-state index is 13.7. The minimum atomic E-state index is -0.806. The second-order valence-electron chi connectivity index (χ2n) is 9.07. The van der Waals surface area contributed by atoms with Crippen LogP contribution in [0.15, 0.2) is 60.7 Å². The fourth-order valence-electron chi connectivity index (χ4n) is 4.13. The number of rotatable bonds is 10. The average Bonchev–Trinajstić information content (AvgIpc) is 2.75. The lowest BCUT2D eigenvalue weighted by atomic mass is 9.86. The second-order valence-corrected chi connectivity index (χ2v) is 9.07. The van der Waals surface area contributed by atoms with Gasteiger partial charge >= 0.3 is 11.9 Å². The molecule has 0 saturated heterocycles. The molecule has 0 spiro atoms. The Bertz CT molecular complexity index is 926. The minimum absolute atomic E-state index is 0.0975. The van der Waals surface area contributed by atoms with Gasteiger partial charge in [-0.05, 0) is 44.7 Å². The summed E-state index contributed by atoms with van der Waals surface area (Å²) in [4.78, 5) is 38.8. The lowest BCUT2D eigenvalue weighted by Gasteiger charge is -2.36. The Morgan fingerprint density at radius 3 is 1.97 bits per heavy atom. The van der Waals surface area contributed by atoms with E-state index in [1.807, 2.05) is 81.4 Å². The van der Waals surface area contributed by atoms with Crippen molar-refractivity contribution in [2.45, 2.75) is 65.2 Å². The molecule has 0 radical (unpaired) electrons. The molecule has 0 heterocycles. The van der Waals surface area contributed by atoms with Crippen LogP contribution in [0.2, 0.25) is 0 Å². The molecule has 1 amide bonds. The van der Waals surface area contributed by atoms with Crippen LogP contribution >= 0.6 is 0 Å². The molecule has 178 valence electrons. The van der Waals surface area contributed by atoms with Gasteiger partial charge in [-0.15, -0.1) is 0 Å². The van der Waals surface area contributed by atoms with Gasteiger partial charge < -0.3 is 14.4 Å². The SMILES string of the molecule is CC(=O)O[C@@H](c1ccccc1)[C@H](C)N(C)C(=O)[C@@H](Cc1ccccc1)CC(C)(C)OC(C)=O. The van der Waals surface area contributed by atoms with Crippen molar-refractivity contribution in [2.75, 3.05) is 7.05 Å². The molecule has 0 aromatic heterocycles. The number of carbonyl (C=O) groups is 3. The van der Waals surface area contributed by atoms with Crippen LogP contribution in [0, 0.1) is 5.92 Å². The Labute approximate surface area is 196 Å². The Kier molecular flexibility index (Phi) is 9.21. The van der Waals surface area contributed by atoms with Gasteiger partial charge in [0.15, 0.2) is 0 Å². The van der Waals surface area contributed by atoms with Crippen molar-refractivity contribution in [2.24, 2.45) is 5.92 Å². The zero-order valence-electron chi connectivity index (χ0n) is 20.4. The van der Waals surface area contributed by atoms with Crippen molar-refractivity contribution in [3.63, 3.8) is 0 Å². The Balaban J connectivity index is 2.31. The van der Waals surface area contributed by atoms with Gasteiger partial charge in [-0.25, -0.2) is 0 Å². The van der Waals surface area contributed by atoms with E-state index in [1.54, 1.807) is 11.9 Å². The molecule has 0 bridgehead atoms. The number of amides is 1. The summed E-state index contributed by atoms with van der Waals surface area (Å²) in [5.41, 5.74) is 1.04. The summed E-state index contributed by atoms with van der Waals surface area (Å²) in [6.45, 7) is 8.23. The molecule has 0 N–H and O–H groups in total. The summed E-state index contributed by atoms with van der Waals surface area (Å²) in [7, 11) is 1.73. The Hall–Kier alpha value is -3.15. The van der Waals surface area contributed by atoms with Gasteiger partial charge in [-0.2, -0.15) is 0 Å². The number of hydrogen-bond acceptors (Lipinski definition) is 5. The van der Waals surface area contributed by atoms with Crippen LogP contribution in [0.1, 0.15) is 58.3 Å². The largest absolute Gasteiger partial charge is 0.460 e. The first-order valence-electron chi connectivity index (χ1n) is 11.2. The molecule has 6 nitrogen and oxygen atoms in total.